The Hall–Kier alpha value is -3.10. The third-order valence-electron chi connectivity index (χ3n) is 4.49. The first-order chi connectivity index (χ1) is 12.8. The van der Waals surface area contributed by atoms with Crippen molar-refractivity contribution in [3.8, 4) is 22.7 Å². The molecule has 0 aliphatic rings. The number of hydrogen-bond acceptors (Lipinski definition) is 5. The van der Waals surface area contributed by atoms with E-state index in [1.165, 1.54) is 12.1 Å². The second kappa shape index (κ2) is 5.97. The van der Waals surface area contributed by atoms with Gasteiger partial charge in [0.1, 0.15) is 16.4 Å². The molecule has 2 heterocycles. The molecular weight excluding hydrogens is 366 g/mol. The van der Waals surface area contributed by atoms with Crippen LogP contribution in [0.1, 0.15) is 11.5 Å². The van der Waals surface area contributed by atoms with Crippen LogP contribution in [0.3, 0.4) is 0 Å². The lowest BCUT2D eigenvalue weighted by atomic mass is 10.1. The summed E-state index contributed by atoms with van der Waals surface area (Å²) in [6.45, 7) is 3.47. The second-order valence-electron chi connectivity index (χ2n) is 6.29. The van der Waals surface area contributed by atoms with Crippen LogP contribution >= 0.6 is 0 Å². The van der Waals surface area contributed by atoms with Crippen molar-refractivity contribution in [2.45, 2.75) is 18.7 Å². The molecule has 3 N–H and O–H groups in total. The highest BCUT2D eigenvalue weighted by Crippen LogP contribution is 2.41. The van der Waals surface area contributed by atoms with Crippen LogP contribution in [-0.4, -0.2) is 23.2 Å². The number of sulfonamides is 1. The smallest absolute Gasteiger partial charge is 0.240 e. The van der Waals surface area contributed by atoms with E-state index in [9.17, 15) is 13.5 Å². The van der Waals surface area contributed by atoms with E-state index in [4.69, 9.17) is 9.66 Å². The fourth-order valence-corrected chi connectivity index (χ4v) is 4.36. The minimum atomic E-state index is -4.05. The summed E-state index contributed by atoms with van der Waals surface area (Å²) >= 11 is 0. The standard InChI is InChI=1S/C19H17N3O4S/c1-11-17(12(2)26-21-11)18-19(27(20,24)25)15-5-3-4-6-16(15)22(18)13-7-9-14(23)10-8-13/h3-10,23H,1-2H3,(H2,20,24,25). The van der Waals surface area contributed by atoms with Crippen LogP contribution in [0, 0.1) is 13.8 Å². The van der Waals surface area contributed by atoms with Gasteiger partial charge in [0.2, 0.25) is 10.0 Å². The maximum absolute atomic E-state index is 12.6. The normalized spacial score (nSPS) is 12.0. The number of phenolic OH excluding ortho intramolecular Hbond substituents is 1. The van der Waals surface area contributed by atoms with Crippen molar-refractivity contribution in [2.24, 2.45) is 5.14 Å². The predicted molar refractivity (Wildman–Crippen MR) is 101 cm³/mol. The molecule has 0 aliphatic heterocycles. The molecule has 0 saturated heterocycles. The molecule has 0 spiro atoms. The van der Waals surface area contributed by atoms with E-state index < -0.39 is 10.0 Å². The largest absolute Gasteiger partial charge is 0.508 e. The second-order valence-corrected chi connectivity index (χ2v) is 7.79. The number of nitrogens with zero attached hydrogens (tertiary/aromatic N) is 2. The fraction of sp³-hybridized carbons (Fsp3) is 0.105. The Kier molecular flexibility index (Phi) is 3.83. The van der Waals surface area contributed by atoms with E-state index in [-0.39, 0.29) is 10.6 Å². The summed E-state index contributed by atoms with van der Waals surface area (Å²) in [7, 11) is -4.05. The number of primary sulfonamides is 1. The molecule has 0 amide bonds. The summed E-state index contributed by atoms with van der Waals surface area (Å²) in [5.74, 6) is 0.598. The molecule has 0 radical (unpaired) electrons. The number of para-hydroxylation sites is 1. The summed E-state index contributed by atoms with van der Waals surface area (Å²) in [5, 5.41) is 19.7. The molecule has 2 aromatic carbocycles. The highest BCUT2D eigenvalue weighted by Gasteiger charge is 2.30. The predicted octanol–water partition coefficient (Wildman–Crippen LogP) is 3.26. The quantitative estimate of drug-likeness (QED) is 0.564. The van der Waals surface area contributed by atoms with Crippen molar-refractivity contribution in [1.82, 2.24) is 9.72 Å². The monoisotopic (exact) mass is 383 g/mol. The van der Waals surface area contributed by atoms with Gasteiger partial charge in [-0.2, -0.15) is 0 Å². The average molecular weight is 383 g/mol. The van der Waals surface area contributed by atoms with Gasteiger partial charge in [0.05, 0.1) is 22.5 Å². The SMILES string of the molecule is Cc1noc(C)c1-c1c(S(N)(=O)=O)c2ccccc2n1-c1ccc(O)cc1. The molecule has 0 unspecified atom stereocenters. The molecule has 2 aromatic heterocycles. The Morgan fingerprint density at radius 2 is 1.74 bits per heavy atom. The molecule has 0 bridgehead atoms. The van der Waals surface area contributed by atoms with Crippen molar-refractivity contribution in [3.63, 3.8) is 0 Å². The third kappa shape index (κ3) is 2.70. The van der Waals surface area contributed by atoms with Gasteiger partial charge >= 0.3 is 0 Å². The number of benzene rings is 2. The number of phenols is 1. The Bertz CT molecular complexity index is 1250. The molecule has 0 aliphatic carbocycles. The van der Waals surface area contributed by atoms with E-state index in [0.717, 1.165) is 0 Å². The van der Waals surface area contributed by atoms with Crippen molar-refractivity contribution < 1.29 is 18.0 Å². The number of aryl methyl sites for hydroxylation is 2. The lowest BCUT2D eigenvalue weighted by molar-refractivity contribution is 0.393. The highest BCUT2D eigenvalue weighted by atomic mass is 32.2. The first-order valence-electron chi connectivity index (χ1n) is 8.18. The molecule has 0 fully saturated rings. The Morgan fingerprint density at radius 3 is 2.33 bits per heavy atom. The minimum Gasteiger partial charge on any atom is -0.508 e. The van der Waals surface area contributed by atoms with Gasteiger partial charge in [-0.3, -0.25) is 0 Å². The zero-order chi connectivity index (χ0) is 19.3. The zero-order valence-electron chi connectivity index (χ0n) is 14.7. The number of aromatic nitrogens is 2. The van der Waals surface area contributed by atoms with E-state index in [2.05, 4.69) is 5.16 Å². The van der Waals surface area contributed by atoms with Gasteiger partial charge in [-0.05, 0) is 44.2 Å². The number of fused-ring (bicyclic) bond motifs is 1. The molecule has 7 nitrogen and oxygen atoms in total. The lowest BCUT2D eigenvalue weighted by Gasteiger charge is -2.12. The topological polar surface area (TPSA) is 111 Å². The maximum atomic E-state index is 12.6. The molecule has 0 saturated carbocycles. The van der Waals surface area contributed by atoms with Gasteiger partial charge < -0.3 is 14.2 Å². The third-order valence-corrected chi connectivity index (χ3v) is 5.47. The van der Waals surface area contributed by atoms with Crippen molar-refractivity contribution in [3.05, 3.63) is 60.0 Å². The van der Waals surface area contributed by atoms with Crippen LogP contribution in [0.15, 0.2) is 57.9 Å². The van der Waals surface area contributed by atoms with Gasteiger partial charge in [-0.25, -0.2) is 13.6 Å². The molecule has 0 atom stereocenters. The maximum Gasteiger partial charge on any atom is 0.240 e. The summed E-state index contributed by atoms with van der Waals surface area (Å²) in [4.78, 5) is 0.0144. The summed E-state index contributed by atoms with van der Waals surface area (Å²) < 4.78 is 32.2. The van der Waals surface area contributed by atoms with Crippen LogP contribution in [0.25, 0.3) is 27.8 Å². The van der Waals surface area contributed by atoms with Crippen LogP contribution < -0.4 is 5.14 Å². The average Bonchev–Trinajstić information content (AvgIpc) is 3.12. The highest BCUT2D eigenvalue weighted by molar-refractivity contribution is 7.89. The number of aromatic hydroxyl groups is 1. The van der Waals surface area contributed by atoms with Gasteiger partial charge in [-0.1, -0.05) is 23.4 Å². The van der Waals surface area contributed by atoms with Crippen LogP contribution in [0.4, 0.5) is 0 Å². The fourth-order valence-electron chi connectivity index (χ4n) is 3.41. The van der Waals surface area contributed by atoms with Crippen molar-refractivity contribution >= 4 is 20.9 Å². The van der Waals surface area contributed by atoms with E-state index in [1.807, 2.05) is 12.1 Å². The van der Waals surface area contributed by atoms with Gasteiger partial charge in [-0.15, -0.1) is 0 Å². The Balaban J connectivity index is 2.26. The summed E-state index contributed by atoms with van der Waals surface area (Å²) in [6.07, 6.45) is 0. The van der Waals surface area contributed by atoms with Crippen molar-refractivity contribution in [1.29, 1.82) is 0 Å². The molecule has 8 heteroatoms. The van der Waals surface area contributed by atoms with E-state index in [0.29, 0.717) is 39.3 Å². The Morgan fingerprint density at radius 1 is 1.07 bits per heavy atom. The Labute approximate surface area is 155 Å². The van der Waals surface area contributed by atoms with Crippen LogP contribution in [0.2, 0.25) is 0 Å². The van der Waals surface area contributed by atoms with E-state index in [1.54, 1.807) is 42.7 Å². The molecule has 27 heavy (non-hydrogen) atoms. The van der Waals surface area contributed by atoms with Gasteiger partial charge in [0, 0.05) is 11.1 Å². The molecule has 138 valence electrons. The van der Waals surface area contributed by atoms with Gasteiger partial charge in [0.15, 0.2) is 0 Å². The molecule has 4 aromatic rings. The molecular formula is C19H17N3O4S. The minimum absolute atomic E-state index is 0.0144. The van der Waals surface area contributed by atoms with Crippen LogP contribution in [0.5, 0.6) is 5.75 Å². The molecule has 4 rings (SSSR count). The summed E-state index contributed by atoms with van der Waals surface area (Å²) in [6, 6.07) is 13.6. The van der Waals surface area contributed by atoms with Crippen LogP contribution in [-0.2, 0) is 10.0 Å². The van der Waals surface area contributed by atoms with E-state index >= 15 is 0 Å². The lowest BCUT2D eigenvalue weighted by Crippen LogP contribution is -2.13. The zero-order valence-corrected chi connectivity index (χ0v) is 15.5. The number of rotatable bonds is 3. The first kappa shape index (κ1) is 17.3. The number of hydrogen-bond donors (Lipinski definition) is 2. The number of nitrogens with two attached hydrogens (primary N) is 1. The summed E-state index contributed by atoms with van der Waals surface area (Å²) in [5.41, 5.74) is 2.86. The van der Waals surface area contributed by atoms with Gasteiger partial charge in [0.25, 0.3) is 0 Å². The first-order valence-corrected chi connectivity index (χ1v) is 9.72. The van der Waals surface area contributed by atoms with Crippen molar-refractivity contribution in [2.75, 3.05) is 0 Å².